The lowest BCUT2D eigenvalue weighted by Crippen LogP contribution is -2.12. The zero-order valence-electron chi connectivity index (χ0n) is 9.88. The van der Waals surface area contributed by atoms with Gasteiger partial charge in [-0.15, -0.1) is 0 Å². The molecule has 4 rings (SSSR count). The number of hydrogen-bond donors (Lipinski definition) is 1. The van der Waals surface area contributed by atoms with Crippen LogP contribution in [0.3, 0.4) is 0 Å². The Hall–Kier alpha value is -0.350. The van der Waals surface area contributed by atoms with Gasteiger partial charge in [0.2, 0.25) is 0 Å². The van der Waals surface area contributed by atoms with Crippen molar-refractivity contribution in [3.8, 4) is 0 Å². The number of rotatable bonds is 2. The van der Waals surface area contributed by atoms with Crippen LogP contribution in [-0.2, 0) is 7.05 Å². The second-order valence-electron chi connectivity index (χ2n) is 6.01. The third-order valence-corrected chi connectivity index (χ3v) is 5.99. The van der Waals surface area contributed by atoms with E-state index in [2.05, 4.69) is 21.0 Å². The molecular weight excluding hydrogens is 280 g/mol. The molecule has 0 spiro atoms. The maximum absolute atomic E-state index is 10.6. The van der Waals surface area contributed by atoms with Gasteiger partial charge < -0.3 is 5.11 Å². The van der Waals surface area contributed by atoms with Gasteiger partial charge in [0.05, 0.1) is 16.4 Å². The van der Waals surface area contributed by atoms with Crippen molar-refractivity contribution in [1.29, 1.82) is 0 Å². The second kappa shape index (κ2) is 3.35. The van der Waals surface area contributed by atoms with Gasteiger partial charge in [-0.25, -0.2) is 0 Å². The summed E-state index contributed by atoms with van der Waals surface area (Å²) in [6.07, 6.45) is 5.70. The molecule has 0 saturated heterocycles. The Balaban J connectivity index is 1.62. The minimum absolute atomic E-state index is 0.324. The van der Waals surface area contributed by atoms with Gasteiger partial charge in [0.15, 0.2) is 0 Å². The zero-order valence-corrected chi connectivity index (χ0v) is 11.5. The first-order chi connectivity index (χ1) is 8.18. The Morgan fingerprint density at radius 1 is 1.41 bits per heavy atom. The summed E-state index contributed by atoms with van der Waals surface area (Å²) in [4.78, 5) is 0. The van der Waals surface area contributed by atoms with E-state index in [0.29, 0.717) is 5.92 Å². The smallest absolute Gasteiger partial charge is 0.100 e. The lowest BCUT2D eigenvalue weighted by molar-refractivity contribution is 0.121. The van der Waals surface area contributed by atoms with Gasteiger partial charge in [0.1, 0.15) is 6.10 Å². The van der Waals surface area contributed by atoms with Crippen molar-refractivity contribution in [2.24, 2.45) is 36.6 Å². The molecule has 3 saturated carbocycles. The minimum Gasteiger partial charge on any atom is -0.386 e. The van der Waals surface area contributed by atoms with Crippen molar-refractivity contribution in [2.45, 2.75) is 25.4 Å². The monoisotopic (exact) mass is 296 g/mol. The summed E-state index contributed by atoms with van der Waals surface area (Å²) >= 11 is 3.50. The van der Waals surface area contributed by atoms with Crippen LogP contribution in [0.1, 0.15) is 31.1 Å². The molecule has 1 N–H and O–H groups in total. The first-order valence-corrected chi connectivity index (χ1v) is 7.33. The van der Waals surface area contributed by atoms with E-state index in [1.165, 1.54) is 19.3 Å². The number of halogens is 1. The molecule has 3 aliphatic carbocycles. The van der Waals surface area contributed by atoms with Crippen LogP contribution in [0.2, 0.25) is 0 Å². The van der Waals surface area contributed by atoms with Crippen LogP contribution in [-0.4, -0.2) is 14.9 Å². The predicted octanol–water partition coefficient (Wildman–Crippen LogP) is 2.51. The van der Waals surface area contributed by atoms with Gasteiger partial charge >= 0.3 is 0 Å². The minimum atomic E-state index is -0.324. The molecule has 1 heterocycles. The average Bonchev–Trinajstić information content (AvgIpc) is 2.59. The molecule has 92 valence electrons. The number of aromatic nitrogens is 2. The summed E-state index contributed by atoms with van der Waals surface area (Å²) in [5.74, 6) is 3.96. The molecule has 3 nitrogen and oxygen atoms in total. The summed E-state index contributed by atoms with van der Waals surface area (Å²) in [6, 6.07) is 0. The Morgan fingerprint density at radius 3 is 2.59 bits per heavy atom. The molecule has 4 heteroatoms. The Labute approximate surface area is 109 Å². The first kappa shape index (κ1) is 10.6. The molecule has 2 bridgehead atoms. The molecule has 5 atom stereocenters. The van der Waals surface area contributed by atoms with Crippen LogP contribution in [0, 0.1) is 29.6 Å². The fraction of sp³-hybridized carbons (Fsp3) is 0.769. The number of fused-ring (bicyclic) bond motifs is 5. The molecule has 0 radical (unpaired) electrons. The van der Waals surface area contributed by atoms with Crippen LogP contribution in [0.5, 0.6) is 0 Å². The lowest BCUT2D eigenvalue weighted by Gasteiger charge is -2.16. The third-order valence-electron chi connectivity index (χ3n) is 5.38. The van der Waals surface area contributed by atoms with Crippen LogP contribution >= 0.6 is 15.9 Å². The summed E-state index contributed by atoms with van der Waals surface area (Å²) in [5, 5.41) is 14.8. The normalized spacial score (nSPS) is 43.8. The fourth-order valence-corrected chi connectivity index (χ4v) is 5.33. The highest BCUT2D eigenvalue weighted by Gasteiger charge is 2.67. The topological polar surface area (TPSA) is 38.0 Å². The van der Waals surface area contributed by atoms with Gasteiger partial charge in [0, 0.05) is 7.05 Å². The SMILES string of the molecule is Cn1ncc(Br)c1C(O)C1C2C3CCC(C3)C21. The van der Waals surface area contributed by atoms with Crippen LogP contribution < -0.4 is 0 Å². The van der Waals surface area contributed by atoms with Gasteiger partial charge in [-0.05, 0) is 64.8 Å². The van der Waals surface area contributed by atoms with Crippen LogP contribution in [0.4, 0.5) is 0 Å². The molecule has 5 unspecified atom stereocenters. The fourth-order valence-electron chi connectivity index (χ4n) is 4.75. The van der Waals surface area contributed by atoms with E-state index < -0.39 is 0 Å². The zero-order chi connectivity index (χ0) is 11.7. The molecule has 0 aliphatic heterocycles. The van der Waals surface area contributed by atoms with Gasteiger partial charge in [-0.3, -0.25) is 4.68 Å². The molecule has 3 fully saturated rings. The van der Waals surface area contributed by atoms with Crippen molar-refractivity contribution in [3.63, 3.8) is 0 Å². The maximum atomic E-state index is 10.6. The van der Waals surface area contributed by atoms with Gasteiger partial charge in [-0.2, -0.15) is 5.10 Å². The van der Waals surface area contributed by atoms with Crippen molar-refractivity contribution < 1.29 is 5.11 Å². The van der Waals surface area contributed by atoms with Gasteiger partial charge in [0.25, 0.3) is 0 Å². The van der Waals surface area contributed by atoms with E-state index >= 15 is 0 Å². The summed E-state index contributed by atoms with van der Waals surface area (Å²) in [6.45, 7) is 0. The van der Waals surface area contributed by atoms with Crippen LogP contribution in [0.15, 0.2) is 10.7 Å². The first-order valence-electron chi connectivity index (χ1n) is 6.54. The number of hydrogen-bond acceptors (Lipinski definition) is 2. The molecule has 17 heavy (non-hydrogen) atoms. The summed E-state index contributed by atoms with van der Waals surface area (Å²) in [7, 11) is 1.91. The molecular formula is C13H17BrN2O. The molecule has 0 aromatic carbocycles. The quantitative estimate of drug-likeness (QED) is 0.911. The molecule has 0 amide bonds. The Morgan fingerprint density at radius 2 is 2.06 bits per heavy atom. The second-order valence-corrected chi connectivity index (χ2v) is 6.87. The Kier molecular flexibility index (Phi) is 2.08. The van der Waals surface area contributed by atoms with E-state index in [1.54, 1.807) is 6.20 Å². The van der Waals surface area contributed by atoms with E-state index in [1.807, 2.05) is 11.7 Å². The van der Waals surface area contributed by atoms with Gasteiger partial charge in [-0.1, -0.05) is 0 Å². The lowest BCUT2D eigenvalue weighted by atomic mass is 9.97. The van der Waals surface area contributed by atoms with Crippen LogP contribution in [0.25, 0.3) is 0 Å². The maximum Gasteiger partial charge on any atom is 0.100 e. The van der Waals surface area contributed by atoms with Crippen molar-refractivity contribution in [2.75, 3.05) is 0 Å². The molecule has 3 aliphatic rings. The molecule has 1 aromatic rings. The predicted molar refractivity (Wildman–Crippen MR) is 67.2 cm³/mol. The highest BCUT2D eigenvalue weighted by atomic mass is 79.9. The standard InChI is InChI=1S/C13H17BrN2O/c1-16-12(8(14)5-15-16)13(17)11-9-6-2-3-7(4-6)10(9)11/h5-7,9-11,13,17H,2-4H2,1H3. The Bertz CT molecular complexity index is 436. The number of aryl methyl sites for hydroxylation is 1. The highest BCUT2D eigenvalue weighted by molar-refractivity contribution is 9.10. The highest BCUT2D eigenvalue weighted by Crippen LogP contribution is 2.72. The largest absolute Gasteiger partial charge is 0.386 e. The van der Waals surface area contributed by atoms with Crippen molar-refractivity contribution in [1.82, 2.24) is 9.78 Å². The van der Waals surface area contributed by atoms with E-state index in [0.717, 1.165) is 33.8 Å². The van der Waals surface area contributed by atoms with E-state index in [-0.39, 0.29) is 6.10 Å². The molecule has 1 aromatic heterocycles. The van der Waals surface area contributed by atoms with E-state index in [9.17, 15) is 5.11 Å². The number of nitrogens with zero attached hydrogens (tertiary/aromatic N) is 2. The van der Waals surface area contributed by atoms with Crippen molar-refractivity contribution >= 4 is 15.9 Å². The summed E-state index contributed by atoms with van der Waals surface area (Å²) in [5.41, 5.74) is 0.962. The number of aliphatic hydroxyl groups is 1. The third kappa shape index (κ3) is 1.28. The average molecular weight is 297 g/mol. The van der Waals surface area contributed by atoms with E-state index in [4.69, 9.17) is 0 Å². The van der Waals surface area contributed by atoms with Crippen molar-refractivity contribution in [3.05, 3.63) is 16.4 Å². The summed E-state index contributed by atoms with van der Waals surface area (Å²) < 4.78 is 2.76. The number of aliphatic hydroxyl groups excluding tert-OH is 1.